The van der Waals surface area contributed by atoms with Crippen LogP contribution in [-0.4, -0.2) is 18.3 Å². The molecule has 0 saturated heterocycles. The van der Waals surface area contributed by atoms with Gasteiger partial charge in [0, 0.05) is 10.6 Å². The lowest BCUT2D eigenvalue weighted by Gasteiger charge is -2.13. The van der Waals surface area contributed by atoms with Crippen molar-refractivity contribution in [3.8, 4) is 16.9 Å². The molecule has 2 rings (SSSR count). The van der Waals surface area contributed by atoms with Gasteiger partial charge in [-0.2, -0.15) is 0 Å². The van der Waals surface area contributed by atoms with Crippen molar-refractivity contribution >= 4 is 23.2 Å². The number of rotatable bonds is 4. The van der Waals surface area contributed by atoms with Crippen LogP contribution in [0, 0.1) is 0 Å². The topological polar surface area (TPSA) is 29.5 Å². The molecule has 18 heavy (non-hydrogen) atoms. The molecule has 0 aliphatic heterocycles. The number of aliphatic hydroxyl groups excluding tert-OH is 1. The molecule has 2 aromatic carbocycles. The second-order valence-corrected chi connectivity index (χ2v) is 4.55. The van der Waals surface area contributed by atoms with Crippen LogP contribution < -0.4 is 4.74 Å². The van der Waals surface area contributed by atoms with Crippen molar-refractivity contribution in [1.29, 1.82) is 0 Å². The predicted octanol–water partition coefficient (Wildman–Crippen LogP) is 4.03. The molecule has 0 bridgehead atoms. The molecule has 94 valence electrons. The summed E-state index contributed by atoms with van der Waals surface area (Å²) in [6, 6.07) is 13.1. The van der Waals surface area contributed by atoms with E-state index < -0.39 is 0 Å². The number of ether oxygens (including phenoxy) is 1. The summed E-state index contributed by atoms with van der Waals surface area (Å²) < 4.78 is 5.49. The average Bonchev–Trinajstić information content (AvgIpc) is 2.38. The lowest BCUT2D eigenvalue weighted by Crippen LogP contribution is -2.03. The first kappa shape index (κ1) is 13.2. The normalized spacial score (nSPS) is 10.4. The van der Waals surface area contributed by atoms with Crippen molar-refractivity contribution in [3.63, 3.8) is 0 Å². The van der Waals surface area contributed by atoms with Crippen LogP contribution in [0.5, 0.6) is 5.75 Å². The van der Waals surface area contributed by atoms with Gasteiger partial charge in [-0.05, 0) is 17.7 Å². The summed E-state index contributed by atoms with van der Waals surface area (Å²) >= 11 is 12.1. The van der Waals surface area contributed by atoms with Gasteiger partial charge in [0.25, 0.3) is 0 Å². The molecule has 0 aromatic heterocycles. The van der Waals surface area contributed by atoms with Crippen LogP contribution in [0.2, 0.25) is 10.0 Å². The van der Waals surface area contributed by atoms with Crippen LogP contribution in [0.15, 0.2) is 42.5 Å². The molecule has 2 nitrogen and oxygen atoms in total. The van der Waals surface area contributed by atoms with Crippen LogP contribution in [0.4, 0.5) is 0 Å². The first-order valence-corrected chi connectivity index (χ1v) is 6.26. The second-order valence-electron chi connectivity index (χ2n) is 3.70. The molecular weight excluding hydrogens is 271 g/mol. The minimum absolute atomic E-state index is 0.0623. The van der Waals surface area contributed by atoms with Gasteiger partial charge in [0.05, 0.1) is 11.6 Å². The molecule has 0 amide bonds. The molecule has 0 aliphatic carbocycles. The molecule has 0 unspecified atom stereocenters. The first-order valence-electron chi connectivity index (χ1n) is 5.50. The Balaban J connectivity index is 2.50. The maximum atomic E-state index is 8.84. The Kier molecular flexibility index (Phi) is 4.48. The third kappa shape index (κ3) is 2.96. The van der Waals surface area contributed by atoms with E-state index in [4.69, 9.17) is 33.0 Å². The molecular formula is C14H12Cl2O2. The molecule has 1 N–H and O–H groups in total. The van der Waals surface area contributed by atoms with Gasteiger partial charge < -0.3 is 9.84 Å². The van der Waals surface area contributed by atoms with Crippen LogP contribution in [0.3, 0.4) is 0 Å². The summed E-state index contributed by atoms with van der Waals surface area (Å²) in [5.41, 5.74) is 1.79. The van der Waals surface area contributed by atoms with Gasteiger partial charge in [0.1, 0.15) is 12.4 Å². The van der Waals surface area contributed by atoms with Crippen molar-refractivity contribution in [1.82, 2.24) is 0 Å². The summed E-state index contributed by atoms with van der Waals surface area (Å²) in [5.74, 6) is 0.543. The van der Waals surface area contributed by atoms with E-state index in [1.807, 2.05) is 30.3 Å². The average molecular weight is 283 g/mol. The summed E-state index contributed by atoms with van der Waals surface area (Å²) in [4.78, 5) is 0. The van der Waals surface area contributed by atoms with Crippen molar-refractivity contribution in [2.24, 2.45) is 0 Å². The van der Waals surface area contributed by atoms with E-state index in [0.29, 0.717) is 15.8 Å². The van der Waals surface area contributed by atoms with Crippen LogP contribution >= 0.6 is 23.2 Å². The minimum Gasteiger partial charge on any atom is -0.489 e. The van der Waals surface area contributed by atoms with Gasteiger partial charge in [-0.1, -0.05) is 53.5 Å². The molecule has 0 saturated carbocycles. The summed E-state index contributed by atoms with van der Waals surface area (Å²) in [5, 5.41) is 9.83. The van der Waals surface area contributed by atoms with Crippen LogP contribution in [0.25, 0.3) is 11.1 Å². The molecule has 0 radical (unpaired) electrons. The molecule has 0 heterocycles. The third-order valence-corrected chi connectivity index (χ3v) is 2.93. The maximum Gasteiger partial charge on any atom is 0.145 e. The van der Waals surface area contributed by atoms with Crippen molar-refractivity contribution in [2.75, 3.05) is 13.2 Å². The minimum atomic E-state index is -0.0623. The standard InChI is InChI=1S/C14H12Cl2O2/c15-11-8-12(10-4-2-1-3-5-10)14(13(16)9-11)18-7-6-17/h1-5,8-9,17H,6-7H2. The first-order chi connectivity index (χ1) is 8.72. The SMILES string of the molecule is OCCOc1c(Cl)cc(Cl)cc1-c1ccccc1. The molecule has 0 fully saturated rings. The lowest BCUT2D eigenvalue weighted by atomic mass is 10.0. The zero-order chi connectivity index (χ0) is 13.0. The molecule has 0 aliphatic rings. The number of aliphatic hydroxyl groups is 1. The maximum absolute atomic E-state index is 8.84. The number of hydrogen-bond acceptors (Lipinski definition) is 2. The van der Waals surface area contributed by atoms with E-state index in [2.05, 4.69) is 0 Å². The predicted molar refractivity (Wildman–Crippen MR) is 74.5 cm³/mol. The fourth-order valence-corrected chi connectivity index (χ4v) is 2.23. The molecule has 2 aromatic rings. The van der Waals surface area contributed by atoms with Crippen molar-refractivity contribution < 1.29 is 9.84 Å². The quantitative estimate of drug-likeness (QED) is 0.917. The third-order valence-electron chi connectivity index (χ3n) is 2.43. The lowest BCUT2D eigenvalue weighted by molar-refractivity contribution is 0.202. The Morgan fingerprint density at radius 3 is 2.44 bits per heavy atom. The monoisotopic (exact) mass is 282 g/mol. The Morgan fingerprint density at radius 2 is 1.78 bits per heavy atom. The zero-order valence-corrected chi connectivity index (χ0v) is 11.1. The highest BCUT2D eigenvalue weighted by atomic mass is 35.5. The number of benzene rings is 2. The van der Waals surface area contributed by atoms with Gasteiger partial charge in [-0.15, -0.1) is 0 Å². The molecule has 4 heteroatoms. The zero-order valence-electron chi connectivity index (χ0n) is 9.57. The highest BCUT2D eigenvalue weighted by Crippen LogP contribution is 2.38. The fraction of sp³-hybridized carbons (Fsp3) is 0.143. The van der Waals surface area contributed by atoms with E-state index >= 15 is 0 Å². The van der Waals surface area contributed by atoms with Crippen LogP contribution in [-0.2, 0) is 0 Å². The van der Waals surface area contributed by atoms with Gasteiger partial charge in [0.2, 0.25) is 0 Å². The van der Waals surface area contributed by atoms with E-state index in [-0.39, 0.29) is 13.2 Å². The van der Waals surface area contributed by atoms with Gasteiger partial charge in [0.15, 0.2) is 0 Å². The van der Waals surface area contributed by atoms with Crippen LogP contribution in [0.1, 0.15) is 0 Å². The highest BCUT2D eigenvalue weighted by Gasteiger charge is 2.12. The summed E-state index contributed by atoms with van der Waals surface area (Å²) in [7, 11) is 0. The van der Waals surface area contributed by atoms with Gasteiger partial charge in [-0.3, -0.25) is 0 Å². The Labute approximate surface area is 116 Å². The van der Waals surface area contributed by atoms with E-state index in [1.165, 1.54) is 0 Å². The molecule has 0 spiro atoms. The van der Waals surface area contributed by atoms with E-state index in [0.717, 1.165) is 11.1 Å². The van der Waals surface area contributed by atoms with E-state index in [1.54, 1.807) is 12.1 Å². The smallest absolute Gasteiger partial charge is 0.145 e. The summed E-state index contributed by atoms with van der Waals surface area (Å²) in [6.07, 6.45) is 0. The number of halogens is 2. The Bertz CT molecular complexity index is 527. The highest BCUT2D eigenvalue weighted by molar-refractivity contribution is 6.36. The Morgan fingerprint density at radius 1 is 1.06 bits per heavy atom. The second kappa shape index (κ2) is 6.10. The number of hydrogen-bond donors (Lipinski definition) is 1. The Hall–Kier alpha value is -1.22. The van der Waals surface area contributed by atoms with Gasteiger partial charge in [-0.25, -0.2) is 0 Å². The summed E-state index contributed by atoms with van der Waals surface area (Å²) in [6.45, 7) is 0.133. The largest absolute Gasteiger partial charge is 0.489 e. The van der Waals surface area contributed by atoms with Crippen molar-refractivity contribution in [3.05, 3.63) is 52.5 Å². The van der Waals surface area contributed by atoms with Gasteiger partial charge >= 0.3 is 0 Å². The van der Waals surface area contributed by atoms with E-state index in [9.17, 15) is 0 Å². The van der Waals surface area contributed by atoms with Crippen molar-refractivity contribution in [2.45, 2.75) is 0 Å². The molecule has 0 atom stereocenters. The fourth-order valence-electron chi connectivity index (χ4n) is 1.69.